The fourth-order valence-electron chi connectivity index (χ4n) is 4.11. The summed E-state index contributed by atoms with van der Waals surface area (Å²) in [4.78, 5) is 10.9. The minimum atomic E-state index is -2.48. The fourth-order valence-corrected chi connectivity index (χ4v) is 4.83. The second-order valence-electron chi connectivity index (χ2n) is 7.37. The zero-order valence-electron chi connectivity index (χ0n) is 16.8. The molecule has 0 saturated heterocycles. The molecule has 2 atom stereocenters. The Kier molecular flexibility index (Phi) is 6.34. The number of aliphatic carboxylic acids is 1. The van der Waals surface area contributed by atoms with Crippen molar-refractivity contribution in [1.29, 1.82) is 0 Å². The monoisotopic (exact) mass is 436 g/mol. The van der Waals surface area contributed by atoms with Crippen LogP contribution in [-0.4, -0.2) is 26.4 Å². The zero-order chi connectivity index (χ0) is 21.8. The Morgan fingerprint density at radius 2 is 1.74 bits per heavy atom. The van der Waals surface area contributed by atoms with Gasteiger partial charge in [0.2, 0.25) is 0 Å². The number of anilines is 1. The number of fused-ring (bicyclic) bond motifs is 1. The van der Waals surface area contributed by atoms with Crippen molar-refractivity contribution in [2.24, 2.45) is 0 Å². The van der Waals surface area contributed by atoms with E-state index < -0.39 is 23.8 Å². The van der Waals surface area contributed by atoms with E-state index in [0.717, 1.165) is 28.7 Å². The van der Waals surface area contributed by atoms with E-state index in [0.29, 0.717) is 24.3 Å². The SMILES string of the molecule is O=C(O)COc1cccc2c1CCCC2N(c1ccc(-c2ccccc2)cc1)S(=O)[O-]. The number of carboxylic acid groups (broad SMARTS) is 1. The van der Waals surface area contributed by atoms with Gasteiger partial charge in [-0.15, -0.1) is 0 Å². The van der Waals surface area contributed by atoms with Crippen LogP contribution in [0, 0.1) is 0 Å². The predicted octanol–water partition coefficient (Wildman–Crippen LogP) is 4.50. The molecule has 0 heterocycles. The first-order valence-electron chi connectivity index (χ1n) is 10.0. The Hall–Kier alpha value is -3.16. The molecule has 0 saturated carbocycles. The summed E-state index contributed by atoms with van der Waals surface area (Å²) in [5.74, 6) is -0.550. The van der Waals surface area contributed by atoms with Crippen molar-refractivity contribution >= 4 is 22.9 Å². The molecule has 0 spiro atoms. The van der Waals surface area contributed by atoms with Crippen LogP contribution in [0.3, 0.4) is 0 Å². The number of carbonyl (C=O) groups is 1. The van der Waals surface area contributed by atoms with Crippen LogP contribution in [0.2, 0.25) is 0 Å². The first kappa shape index (κ1) is 21.1. The lowest BCUT2D eigenvalue weighted by Gasteiger charge is -2.38. The number of nitrogens with zero attached hydrogens (tertiary/aromatic N) is 1. The van der Waals surface area contributed by atoms with Gasteiger partial charge in [0, 0.05) is 17.0 Å². The summed E-state index contributed by atoms with van der Waals surface area (Å²) in [5.41, 5.74) is 4.38. The summed E-state index contributed by atoms with van der Waals surface area (Å²) >= 11 is -2.48. The minimum Gasteiger partial charge on any atom is -0.755 e. The van der Waals surface area contributed by atoms with Crippen LogP contribution >= 0.6 is 0 Å². The number of ether oxygens (including phenoxy) is 1. The molecule has 1 aliphatic rings. The largest absolute Gasteiger partial charge is 0.755 e. The van der Waals surface area contributed by atoms with E-state index in [4.69, 9.17) is 9.84 Å². The van der Waals surface area contributed by atoms with Crippen molar-refractivity contribution in [3.05, 3.63) is 83.9 Å². The molecule has 160 valence electrons. The lowest BCUT2D eigenvalue weighted by molar-refractivity contribution is -0.139. The van der Waals surface area contributed by atoms with Gasteiger partial charge in [0.25, 0.3) is 0 Å². The third-order valence-corrected chi connectivity index (χ3v) is 6.24. The molecule has 6 nitrogen and oxygen atoms in total. The molecule has 3 aromatic carbocycles. The molecule has 4 rings (SSSR count). The molecule has 1 aliphatic carbocycles. The van der Waals surface area contributed by atoms with E-state index in [2.05, 4.69) is 0 Å². The van der Waals surface area contributed by atoms with Crippen molar-refractivity contribution in [3.8, 4) is 16.9 Å². The van der Waals surface area contributed by atoms with Crippen molar-refractivity contribution in [2.75, 3.05) is 10.9 Å². The Bertz CT molecular complexity index is 1080. The van der Waals surface area contributed by atoms with Crippen LogP contribution in [0.25, 0.3) is 11.1 Å². The second kappa shape index (κ2) is 9.32. The highest BCUT2D eigenvalue weighted by atomic mass is 32.2. The topological polar surface area (TPSA) is 89.9 Å². The van der Waals surface area contributed by atoms with Gasteiger partial charge in [-0.2, -0.15) is 0 Å². The highest BCUT2D eigenvalue weighted by Gasteiger charge is 2.29. The number of hydrogen-bond acceptors (Lipinski definition) is 4. The van der Waals surface area contributed by atoms with E-state index >= 15 is 0 Å². The summed E-state index contributed by atoms with van der Waals surface area (Å²) in [7, 11) is 0. The van der Waals surface area contributed by atoms with E-state index in [1.807, 2.05) is 60.7 Å². The second-order valence-corrected chi connectivity index (χ2v) is 8.20. The third-order valence-electron chi connectivity index (χ3n) is 5.46. The molecular formula is C24H22NO5S-. The van der Waals surface area contributed by atoms with Crippen LogP contribution in [0.1, 0.15) is 30.0 Å². The highest BCUT2D eigenvalue weighted by molar-refractivity contribution is 7.80. The van der Waals surface area contributed by atoms with Crippen molar-refractivity contribution in [2.45, 2.75) is 25.3 Å². The normalized spacial score (nSPS) is 16.2. The third kappa shape index (κ3) is 4.62. The fraction of sp³-hybridized carbons (Fsp3) is 0.208. The van der Waals surface area contributed by atoms with Gasteiger partial charge in [-0.1, -0.05) is 54.6 Å². The average Bonchev–Trinajstić information content (AvgIpc) is 2.79. The first-order chi connectivity index (χ1) is 15.0. The number of benzene rings is 3. The molecule has 1 N–H and O–H groups in total. The molecule has 7 heteroatoms. The van der Waals surface area contributed by atoms with Crippen molar-refractivity contribution < 1.29 is 23.4 Å². The molecule has 0 radical (unpaired) electrons. The minimum absolute atomic E-state index is 0.377. The Morgan fingerprint density at radius 3 is 2.42 bits per heavy atom. The maximum atomic E-state index is 12.3. The number of rotatable bonds is 7. The first-order valence-corrected chi connectivity index (χ1v) is 11.1. The van der Waals surface area contributed by atoms with Crippen molar-refractivity contribution in [1.82, 2.24) is 0 Å². The maximum Gasteiger partial charge on any atom is 0.341 e. The molecule has 3 aromatic rings. The summed E-state index contributed by atoms with van der Waals surface area (Å²) in [6.07, 6.45) is 2.17. The van der Waals surface area contributed by atoms with Gasteiger partial charge in [-0.05, 0) is 59.7 Å². The van der Waals surface area contributed by atoms with Gasteiger partial charge in [-0.25, -0.2) is 4.79 Å². The maximum absolute atomic E-state index is 12.3. The van der Waals surface area contributed by atoms with Crippen molar-refractivity contribution in [3.63, 3.8) is 0 Å². The van der Waals surface area contributed by atoms with Crippen LogP contribution in [-0.2, 0) is 22.5 Å². The van der Waals surface area contributed by atoms with E-state index in [9.17, 15) is 13.6 Å². The molecule has 0 aromatic heterocycles. The van der Waals surface area contributed by atoms with Gasteiger partial charge in [-0.3, -0.25) is 8.51 Å². The summed E-state index contributed by atoms with van der Waals surface area (Å²) in [5, 5.41) is 8.93. The van der Waals surface area contributed by atoms with E-state index in [-0.39, 0.29) is 6.04 Å². The van der Waals surface area contributed by atoms with Crippen LogP contribution in [0.15, 0.2) is 72.8 Å². The van der Waals surface area contributed by atoms with Gasteiger partial charge >= 0.3 is 5.97 Å². The molecule has 2 unspecified atom stereocenters. The predicted molar refractivity (Wildman–Crippen MR) is 119 cm³/mol. The van der Waals surface area contributed by atoms with Gasteiger partial charge in [0.1, 0.15) is 5.75 Å². The Morgan fingerprint density at radius 1 is 1.03 bits per heavy atom. The van der Waals surface area contributed by atoms with Crippen LogP contribution in [0.5, 0.6) is 5.75 Å². The summed E-state index contributed by atoms with van der Waals surface area (Å²) < 4.78 is 31.4. The summed E-state index contributed by atoms with van der Waals surface area (Å²) in [6, 6.07) is 22.4. The highest BCUT2D eigenvalue weighted by Crippen LogP contribution is 2.41. The standard InChI is InChI=1S/C24H23NO5S/c26-24(27)16-30-23-11-5-8-20-21(23)9-4-10-22(20)25(31(28)29)19-14-12-18(13-15-19)17-6-2-1-3-7-17/h1-3,5-8,11-15,22H,4,9-10,16H2,(H,26,27)(H,28,29)/p-1. The Labute approximate surface area is 183 Å². The molecule has 31 heavy (non-hydrogen) atoms. The molecule has 0 aliphatic heterocycles. The van der Waals surface area contributed by atoms with Crippen LogP contribution < -0.4 is 9.04 Å². The quantitative estimate of drug-likeness (QED) is 0.551. The Balaban J connectivity index is 1.67. The number of carboxylic acids is 1. The van der Waals surface area contributed by atoms with Gasteiger partial charge in [0.05, 0.1) is 6.04 Å². The smallest absolute Gasteiger partial charge is 0.341 e. The van der Waals surface area contributed by atoms with Gasteiger partial charge in [0.15, 0.2) is 6.61 Å². The lowest BCUT2D eigenvalue weighted by atomic mass is 9.87. The average molecular weight is 437 g/mol. The van der Waals surface area contributed by atoms with E-state index in [1.165, 1.54) is 4.31 Å². The zero-order valence-corrected chi connectivity index (χ0v) is 17.6. The lowest BCUT2D eigenvalue weighted by Crippen LogP contribution is -2.33. The van der Waals surface area contributed by atoms with Crippen LogP contribution in [0.4, 0.5) is 5.69 Å². The number of hydrogen-bond donors (Lipinski definition) is 1. The molecule has 0 amide bonds. The van der Waals surface area contributed by atoms with Gasteiger partial charge < -0.3 is 14.4 Å². The summed E-state index contributed by atoms with van der Waals surface area (Å²) in [6.45, 7) is -0.431. The molecule has 0 bridgehead atoms. The molecular weight excluding hydrogens is 414 g/mol. The molecule has 0 fully saturated rings. The van der Waals surface area contributed by atoms with E-state index in [1.54, 1.807) is 12.1 Å².